The van der Waals surface area contributed by atoms with Crippen molar-refractivity contribution in [2.75, 3.05) is 20.3 Å². The van der Waals surface area contributed by atoms with Gasteiger partial charge in [0, 0.05) is 0 Å². The van der Waals surface area contributed by atoms with Gasteiger partial charge in [-0.15, -0.1) is 0 Å². The van der Waals surface area contributed by atoms with Crippen LogP contribution in [0.15, 0.2) is 12.1 Å². The molecule has 1 aromatic carbocycles. The van der Waals surface area contributed by atoms with Crippen molar-refractivity contribution in [2.24, 2.45) is 0 Å². The molecular weight excluding hydrogens is 200 g/mol. The van der Waals surface area contributed by atoms with Gasteiger partial charge < -0.3 is 19.3 Å². The molecule has 0 unspecified atom stereocenters. The topological polar surface area (TPSA) is 65.0 Å². The van der Waals surface area contributed by atoms with Crippen molar-refractivity contribution in [3.63, 3.8) is 0 Å². The molecule has 0 aromatic heterocycles. The summed E-state index contributed by atoms with van der Waals surface area (Å²) < 4.78 is 15.7. The number of carboxylic acid groups (broad SMARTS) is 1. The fourth-order valence-corrected chi connectivity index (χ4v) is 1.40. The molecule has 0 saturated carbocycles. The number of hydrogen-bond donors (Lipinski definition) is 1. The SMILES string of the molecule is COc1cc(C(=O)O)cc2c1OCCO2. The van der Waals surface area contributed by atoms with E-state index in [0.29, 0.717) is 30.5 Å². The number of ether oxygens (including phenoxy) is 3. The maximum Gasteiger partial charge on any atom is 0.335 e. The van der Waals surface area contributed by atoms with Crippen LogP contribution in [-0.4, -0.2) is 31.4 Å². The van der Waals surface area contributed by atoms with Crippen LogP contribution in [0.2, 0.25) is 0 Å². The first-order valence-electron chi connectivity index (χ1n) is 4.43. The van der Waals surface area contributed by atoms with Gasteiger partial charge in [0.2, 0.25) is 5.75 Å². The lowest BCUT2D eigenvalue weighted by Crippen LogP contribution is -2.16. The summed E-state index contributed by atoms with van der Waals surface area (Å²) >= 11 is 0. The number of benzene rings is 1. The molecule has 0 bridgehead atoms. The highest BCUT2D eigenvalue weighted by molar-refractivity contribution is 5.89. The Morgan fingerprint density at radius 3 is 2.80 bits per heavy atom. The highest BCUT2D eigenvalue weighted by atomic mass is 16.6. The van der Waals surface area contributed by atoms with Crippen LogP contribution in [0, 0.1) is 0 Å². The van der Waals surface area contributed by atoms with Gasteiger partial charge in [-0.3, -0.25) is 0 Å². The van der Waals surface area contributed by atoms with Gasteiger partial charge in [0.25, 0.3) is 0 Å². The van der Waals surface area contributed by atoms with E-state index in [9.17, 15) is 4.79 Å². The molecule has 0 atom stereocenters. The van der Waals surface area contributed by atoms with E-state index in [-0.39, 0.29) is 5.56 Å². The number of carbonyl (C=O) groups is 1. The third-order valence-corrected chi connectivity index (χ3v) is 2.07. The summed E-state index contributed by atoms with van der Waals surface area (Å²) in [5.74, 6) is 0.238. The quantitative estimate of drug-likeness (QED) is 0.793. The van der Waals surface area contributed by atoms with Crippen LogP contribution in [0.5, 0.6) is 17.2 Å². The summed E-state index contributed by atoms with van der Waals surface area (Å²) in [6, 6.07) is 2.84. The van der Waals surface area contributed by atoms with Gasteiger partial charge in [-0.05, 0) is 12.1 Å². The monoisotopic (exact) mass is 210 g/mol. The van der Waals surface area contributed by atoms with Crippen molar-refractivity contribution in [1.29, 1.82) is 0 Å². The summed E-state index contributed by atoms with van der Waals surface area (Å²) in [4.78, 5) is 10.8. The minimum Gasteiger partial charge on any atom is -0.493 e. The number of rotatable bonds is 2. The molecule has 1 aromatic rings. The number of carboxylic acids is 1. The predicted molar refractivity (Wildman–Crippen MR) is 50.9 cm³/mol. The Labute approximate surface area is 86.2 Å². The molecule has 1 aliphatic heterocycles. The molecule has 0 aliphatic carbocycles. The lowest BCUT2D eigenvalue weighted by Gasteiger charge is -2.20. The Kier molecular flexibility index (Phi) is 2.37. The number of fused-ring (bicyclic) bond motifs is 1. The Bertz CT molecular complexity index is 382. The van der Waals surface area contributed by atoms with Gasteiger partial charge in [-0.2, -0.15) is 0 Å². The average Bonchev–Trinajstić information content (AvgIpc) is 2.27. The van der Waals surface area contributed by atoms with Crippen molar-refractivity contribution in [1.82, 2.24) is 0 Å². The second-order valence-electron chi connectivity index (χ2n) is 3.01. The van der Waals surface area contributed by atoms with E-state index in [1.165, 1.54) is 19.2 Å². The summed E-state index contributed by atoms with van der Waals surface area (Å²) in [7, 11) is 1.46. The van der Waals surface area contributed by atoms with Crippen LogP contribution >= 0.6 is 0 Å². The number of hydrogen-bond acceptors (Lipinski definition) is 4. The van der Waals surface area contributed by atoms with E-state index in [2.05, 4.69) is 0 Å². The first-order chi connectivity index (χ1) is 7.22. The van der Waals surface area contributed by atoms with Crippen LogP contribution in [0.3, 0.4) is 0 Å². The molecule has 0 spiro atoms. The van der Waals surface area contributed by atoms with Crippen LogP contribution in [0.1, 0.15) is 10.4 Å². The van der Waals surface area contributed by atoms with E-state index >= 15 is 0 Å². The van der Waals surface area contributed by atoms with E-state index in [1.54, 1.807) is 0 Å². The smallest absolute Gasteiger partial charge is 0.335 e. The molecule has 1 N–H and O–H groups in total. The van der Waals surface area contributed by atoms with Gasteiger partial charge in [-0.1, -0.05) is 0 Å². The predicted octanol–water partition coefficient (Wildman–Crippen LogP) is 1.16. The largest absolute Gasteiger partial charge is 0.493 e. The summed E-state index contributed by atoms with van der Waals surface area (Å²) in [6.45, 7) is 0.856. The normalized spacial score (nSPS) is 13.4. The Morgan fingerprint density at radius 2 is 2.13 bits per heavy atom. The average molecular weight is 210 g/mol. The molecule has 0 fully saturated rings. The van der Waals surface area contributed by atoms with E-state index < -0.39 is 5.97 Å². The van der Waals surface area contributed by atoms with Crippen LogP contribution < -0.4 is 14.2 Å². The molecule has 80 valence electrons. The van der Waals surface area contributed by atoms with Crippen LogP contribution in [-0.2, 0) is 0 Å². The van der Waals surface area contributed by atoms with E-state index in [4.69, 9.17) is 19.3 Å². The molecule has 1 heterocycles. The Balaban J connectivity index is 2.52. The molecule has 5 heteroatoms. The molecule has 1 aliphatic rings. The van der Waals surface area contributed by atoms with Crippen LogP contribution in [0.25, 0.3) is 0 Å². The zero-order valence-electron chi connectivity index (χ0n) is 8.15. The first kappa shape index (κ1) is 9.64. The van der Waals surface area contributed by atoms with Gasteiger partial charge in [0.15, 0.2) is 11.5 Å². The van der Waals surface area contributed by atoms with E-state index in [0.717, 1.165) is 0 Å². The minimum absolute atomic E-state index is 0.121. The maximum absolute atomic E-state index is 10.8. The summed E-state index contributed by atoms with van der Waals surface area (Å²) in [5, 5.41) is 8.85. The van der Waals surface area contributed by atoms with Crippen molar-refractivity contribution in [3.05, 3.63) is 17.7 Å². The standard InChI is InChI=1S/C10H10O5/c1-13-7-4-6(10(11)12)5-8-9(7)15-3-2-14-8/h4-5H,2-3H2,1H3,(H,11,12). The number of methoxy groups -OCH3 is 1. The van der Waals surface area contributed by atoms with Gasteiger partial charge >= 0.3 is 5.97 Å². The lowest BCUT2D eigenvalue weighted by atomic mass is 10.2. The minimum atomic E-state index is -1.02. The Morgan fingerprint density at radius 1 is 1.40 bits per heavy atom. The molecule has 2 rings (SSSR count). The number of aromatic carboxylic acids is 1. The highest BCUT2D eigenvalue weighted by Gasteiger charge is 2.20. The third-order valence-electron chi connectivity index (χ3n) is 2.07. The summed E-state index contributed by atoms with van der Waals surface area (Å²) in [5.41, 5.74) is 0.121. The molecule has 0 amide bonds. The summed E-state index contributed by atoms with van der Waals surface area (Å²) in [6.07, 6.45) is 0. The second kappa shape index (κ2) is 3.68. The van der Waals surface area contributed by atoms with Gasteiger partial charge in [-0.25, -0.2) is 4.79 Å². The fraction of sp³-hybridized carbons (Fsp3) is 0.300. The second-order valence-corrected chi connectivity index (χ2v) is 3.01. The fourth-order valence-electron chi connectivity index (χ4n) is 1.40. The maximum atomic E-state index is 10.8. The van der Waals surface area contributed by atoms with E-state index in [1.807, 2.05) is 0 Å². The van der Waals surface area contributed by atoms with Crippen LogP contribution in [0.4, 0.5) is 0 Å². The molecule has 0 saturated heterocycles. The third kappa shape index (κ3) is 1.68. The molecule has 0 radical (unpaired) electrons. The molecular formula is C10H10O5. The van der Waals surface area contributed by atoms with Crippen molar-refractivity contribution < 1.29 is 24.1 Å². The zero-order chi connectivity index (χ0) is 10.8. The van der Waals surface area contributed by atoms with Crippen molar-refractivity contribution >= 4 is 5.97 Å². The molecule has 5 nitrogen and oxygen atoms in total. The van der Waals surface area contributed by atoms with Crippen molar-refractivity contribution in [3.8, 4) is 17.2 Å². The van der Waals surface area contributed by atoms with Gasteiger partial charge in [0.05, 0.1) is 12.7 Å². The highest BCUT2D eigenvalue weighted by Crippen LogP contribution is 2.40. The van der Waals surface area contributed by atoms with Gasteiger partial charge in [0.1, 0.15) is 13.2 Å². The zero-order valence-corrected chi connectivity index (χ0v) is 8.15. The Hall–Kier alpha value is -1.91. The molecule has 15 heavy (non-hydrogen) atoms. The lowest BCUT2D eigenvalue weighted by molar-refractivity contribution is 0.0695. The first-order valence-corrected chi connectivity index (χ1v) is 4.43. The van der Waals surface area contributed by atoms with Crippen molar-refractivity contribution in [2.45, 2.75) is 0 Å².